The van der Waals surface area contributed by atoms with Crippen LogP contribution in [0, 0.1) is 17.7 Å². The van der Waals surface area contributed by atoms with Crippen molar-refractivity contribution in [1.29, 1.82) is 0 Å². The number of ketones is 1. The van der Waals surface area contributed by atoms with Crippen molar-refractivity contribution in [1.82, 2.24) is 0 Å². The van der Waals surface area contributed by atoms with E-state index in [4.69, 9.17) is 9.47 Å². The van der Waals surface area contributed by atoms with Gasteiger partial charge >= 0.3 is 11.9 Å². The summed E-state index contributed by atoms with van der Waals surface area (Å²) in [5.41, 5.74) is -1.78. The quantitative estimate of drug-likeness (QED) is 0.633. The molecule has 1 saturated carbocycles. The molecule has 2 rings (SSSR count). The molecule has 4 atom stereocenters. The van der Waals surface area contributed by atoms with Crippen LogP contribution in [0.1, 0.15) is 38.7 Å². The monoisotopic (exact) mass is 366 g/mol. The molecule has 0 bridgehead atoms. The van der Waals surface area contributed by atoms with Crippen LogP contribution in [0.5, 0.6) is 0 Å². The third kappa shape index (κ3) is 3.77. The van der Waals surface area contributed by atoms with Crippen LogP contribution in [0.15, 0.2) is 24.3 Å². The molecule has 1 N–H and O–H groups in total. The average molecular weight is 366 g/mol. The molecule has 0 aromatic heterocycles. The second kappa shape index (κ2) is 7.95. The average Bonchev–Trinajstić information content (AvgIpc) is 2.54. The largest absolute Gasteiger partial charge is 0.466 e. The Bertz CT molecular complexity index is 699. The van der Waals surface area contributed by atoms with E-state index < -0.39 is 53.3 Å². The molecule has 1 aliphatic rings. The minimum atomic E-state index is -1.78. The van der Waals surface area contributed by atoms with Gasteiger partial charge in [-0.3, -0.25) is 14.4 Å². The van der Waals surface area contributed by atoms with E-state index in [0.717, 1.165) is 0 Å². The summed E-state index contributed by atoms with van der Waals surface area (Å²) in [6, 6.07) is 5.57. The number of ether oxygens (including phenoxy) is 2. The zero-order valence-electron chi connectivity index (χ0n) is 15.0. The van der Waals surface area contributed by atoms with E-state index in [2.05, 4.69) is 0 Å². The molecule has 7 heteroatoms. The Morgan fingerprint density at radius 3 is 2.35 bits per heavy atom. The normalized spacial score (nSPS) is 28.5. The van der Waals surface area contributed by atoms with Crippen molar-refractivity contribution < 1.29 is 33.4 Å². The van der Waals surface area contributed by atoms with E-state index in [-0.39, 0.29) is 18.8 Å². The van der Waals surface area contributed by atoms with Gasteiger partial charge in [0.2, 0.25) is 0 Å². The fourth-order valence-corrected chi connectivity index (χ4v) is 3.60. The summed E-state index contributed by atoms with van der Waals surface area (Å²) in [7, 11) is 0. The lowest BCUT2D eigenvalue weighted by Gasteiger charge is -2.43. The standard InChI is InChI=1S/C19H23FO6/c1-4-25-17(22)15-13(21)10-19(3,24)16(18(23)26-5-2)14(15)11-8-6-7-9-12(11)20/h6-9,14-16,24H,4-5,10H2,1-3H3. The molecular formula is C19H23FO6. The van der Waals surface area contributed by atoms with Gasteiger partial charge in [0.15, 0.2) is 5.78 Å². The Morgan fingerprint density at radius 1 is 1.19 bits per heavy atom. The van der Waals surface area contributed by atoms with Gasteiger partial charge in [0.25, 0.3) is 0 Å². The summed E-state index contributed by atoms with van der Waals surface area (Å²) in [4.78, 5) is 37.6. The molecule has 0 heterocycles. The highest BCUT2D eigenvalue weighted by molar-refractivity contribution is 6.02. The van der Waals surface area contributed by atoms with Crippen molar-refractivity contribution >= 4 is 17.7 Å². The highest BCUT2D eigenvalue weighted by Gasteiger charge is 2.57. The fourth-order valence-electron chi connectivity index (χ4n) is 3.60. The van der Waals surface area contributed by atoms with E-state index >= 15 is 0 Å². The van der Waals surface area contributed by atoms with Gasteiger partial charge in [-0.15, -0.1) is 0 Å². The van der Waals surface area contributed by atoms with E-state index in [0.29, 0.717) is 0 Å². The Kier molecular flexibility index (Phi) is 6.13. The zero-order valence-corrected chi connectivity index (χ0v) is 15.0. The molecule has 0 aliphatic heterocycles. The lowest BCUT2D eigenvalue weighted by atomic mass is 9.61. The van der Waals surface area contributed by atoms with Crippen molar-refractivity contribution in [2.24, 2.45) is 11.8 Å². The molecule has 0 radical (unpaired) electrons. The molecule has 1 fully saturated rings. The predicted octanol–water partition coefficient (Wildman–Crippen LogP) is 1.99. The fraction of sp³-hybridized carbons (Fsp3) is 0.526. The van der Waals surface area contributed by atoms with Gasteiger partial charge in [-0.05, 0) is 32.4 Å². The molecule has 0 saturated heterocycles. The van der Waals surface area contributed by atoms with Gasteiger partial charge in [-0.1, -0.05) is 18.2 Å². The Morgan fingerprint density at radius 2 is 1.77 bits per heavy atom. The van der Waals surface area contributed by atoms with Gasteiger partial charge in [0, 0.05) is 12.3 Å². The molecule has 1 aliphatic carbocycles. The highest BCUT2D eigenvalue weighted by Crippen LogP contribution is 2.47. The number of halogens is 1. The molecule has 142 valence electrons. The summed E-state index contributed by atoms with van der Waals surface area (Å²) < 4.78 is 24.5. The molecule has 1 aromatic rings. The molecule has 26 heavy (non-hydrogen) atoms. The summed E-state index contributed by atoms with van der Waals surface area (Å²) >= 11 is 0. The Balaban J connectivity index is 2.64. The van der Waals surface area contributed by atoms with Crippen molar-refractivity contribution in [3.63, 3.8) is 0 Å². The van der Waals surface area contributed by atoms with Crippen LogP contribution in [0.2, 0.25) is 0 Å². The van der Waals surface area contributed by atoms with Crippen LogP contribution >= 0.6 is 0 Å². The third-order valence-corrected chi connectivity index (χ3v) is 4.61. The lowest BCUT2D eigenvalue weighted by Crippen LogP contribution is -2.55. The van der Waals surface area contributed by atoms with E-state index in [1.54, 1.807) is 13.8 Å². The number of aliphatic hydroxyl groups is 1. The van der Waals surface area contributed by atoms with Gasteiger partial charge in [-0.2, -0.15) is 0 Å². The van der Waals surface area contributed by atoms with Crippen LogP contribution in [0.3, 0.4) is 0 Å². The topological polar surface area (TPSA) is 89.9 Å². The summed E-state index contributed by atoms with van der Waals surface area (Å²) in [6.07, 6.45) is -0.426. The molecule has 0 amide bonds. The van der Waals surface area contributed by atoms with Crippen molar-refractivity contribution in [3.05, 3.63) is 35.6 Å². The lowest BCUT2D eigenvalue weighted by molar-refractivity contribution is -0.172. The second-order valence-electron chi connectivity index (χ2n) is 6.51. The van der Waals surface area contributed by atoms with E-state index in [1.165, 1.54) is 31.2 Å². The first-order valence-corrected chi connectivity index (χ1v) is 8.57. The van der Waals surface area contributed by atoms with Gasteiger partial charge in [0.05, 0.1) is 24.7 Å². The molecule has 1 aromatic carbocycles. The number of carbonyl (C=O) groups excluding carboxylic acids is 3. The first-order chi connectivity index (χ1) is 12.2. The van der Waals surface area contributed by atoms with E-state index in [9.17, 15) is 23.9 Å². The number of rotatable bonds is 5. The van der Waals surface area contributed by atoms with Crippen molar-refractivity contribution in [3.8, 4) is 0 Å². The van der Waals surface area contributed by atoms with E-state index in [1.807, 2.05) is 0 Å². The maximum absolute atomic E-state index is 14.5. The second-order valence-corrected chi connectivity index (χ2v) is 6.51. The Hall–Kier alpha value is -2.28. The van der Waals surface area contributed by atoms with Crippen LogP contribution in [-0.2, 0) is 23.9 Å². The van der Waals surface area contributed by atoms with Crippen LogP contribution < -0.4 is 0 Å². The molecule has 4 unspecified atom stereocenters. The number of hydrogen-bond acceptors (Lipinski definition) is 6. The minimum Gasteiger partial charge on any atom is -0.466 e. The summed E-state index contributed by atoms with van der Waals surface area (Å²) in [5, 5.41) is 10.8. The first kappa shape index (κ1) is 20.0. The van der Waals surface area contributed by atoms with Crippen LogP contribution in [-0.4, -0.2) is 41.6 Å². The van der Waals surface area contributed by atoms with Gasteiger partial charge in [-0.25, -0.2) is 4.39 Å². The third-order valence-electron chi connectivity index (χ3n) is 4.61. The first-order valence-electron chi connectivity index (χ1n) is 8.57. The number of Topliss-reactive ketones (excluding diaryl/α,β-unsaturated/α-hetero) is 1. The zero-order chi connectivity index (χ0) is 19.5. The number of esters is 2. The minimum absolute atomic E-state index is 0.00284. The maximum atomic E-state index is 14.5. The van der Waals surface area contributed by atoms with Crippen molar-refractivity contribution in [2.45, 2.75) is 38.7 Å². The smallest absolute Gasteiger partial charge is 0.317 e. The summed E-state index contributed by atoms with van der Waals surface area (Å²) in [5.74, 6) is -6.78. The highest BCUT2D eigenvalue weighted by atomic mass is 19.1. The van der Waals surface area contributed by atoms with Crippen LogP contribution in [0.25, 0.3) is 0 Å². The van der Waals surface area contributed by atoms with Gasteiger partial charge in [0.1, 0.15) is 11.7 Å². The maximum Gasteiger partial charge on any atom is 0.317 e. The predicted molar refractivity (Wildman–Crippen MR) is 89.6 cm³/mol. The number of hydrogen-bond donors (Lipinski definition) is 1. The van der Waals surface area contributed by atoms with Gasteiger partial charge < -0.3 is 14.6 Å². The molecule has 0 spiro atoms. The number of carbonyl (C=O) groups is 3. The molecular weight excluding hydrogens is 343 g/mol. The SMILES string of the molecule is CCOC(=O)C1C(=O)CC(C)(O)C(C(=O)OCC)C1c1ccccc1F. The van der Waals surface area contributed by atoms with Crippen LogP contribution in [0.4, 0.5) is 4.39 Å². The number of benzene rings is 1. The van der Waals surface area contributed by atoms with Crippen molar-refractivity contribution in [2.75, 3.05) is 13.2 Å². The summed E-state index contributed by atoms with van der Waals surface area (Å²) in [6.45, 7) is 4.59. The Labute approximate surface area is 151 Å². The molecule has 6 nitrogen and oxygen atoms in total.